The third-order valence-electron chi connectivity index (χ3n) is 3.27. The summed E-state index contributed by atoms with van der Waals surface area (Å²) in [7, 11) is 1.52. The average molecular weight is 303 g/mol. The van der Waals surface area contributed by atoms with Crippen molar-refractivity contribution in [1.82, 2.24) is 9.97 Å². The molecule has 1 heterocycles. The number of aromatic nitrogens is 2. The number of nitrogens with one attached hydrogen (secondary N) is 1. The lowest BCUT2D eigenvalue weighted by molar-refractivity contribution is 0.409. The van der Waals surface area contributed by atoms with E-state index in [0.29, 0.717) is 17.0 Å². The van der Waals surface area contributed by atoms with Crippen molar-refractivity contribution in [2.75, 3.05) is 12.8 Å². The summed E-state index contributed by atoms with van der Waals surface area (Å²) in [4.78, 5) is 17.9. The van der Waals surface area contributed by atoms with Crippen LogP contribution in [0.3, 0.4) is 0 Å². The first-order chi connectivity index (χ1) is 10.5. The molecule has 0 radical (unpaired) electrons. The van der Waals surface area contributed by atoms with Gasteiger partial charge in [0.25, 0.3) is 5.56 Å². The monoisotopic (exact) mass is 303 g/mol. The molecule has 1 aromatic carbocycles. The minimum absolute atomic E-state index is 0.104. The fourth-order valence-electron chi connectivity index (χ4n) is 2.07. The summed E-state index contributed by atoms with van der Waals surface area (Å²) in [6, 6.07) is 5.34. The van der Waals surface area contributed by atoms with Gasteiger partial charge in [-0.15, -0.1) is 0 Å². The number of H-pyrrole nitrogens is 1. The van der Waals surface area contributed by atoms with E-state index < -0.39 is 11.4 Å². The van der Waals surface area contributed by atoms with Crippen molar-refractivity contribution < 1.29 is 9.84 Å². The maximum atomic E-state index is 11.9. The Hall–Kier alpha value is -3.03. The molecule has 0 saturated carbocycles. The van der Waals surface area contributed by atoms with E-state index in [-0.39, 0.29) is 17.9 Å². The Balaban J connectivity index is 2.51. The minimum atomic E-state index is -0.498. The van der Waals surface area contributed by atoms with Crippen molar-refractivity contribution in [3.05, 3.63) is 45.2 Å². The molecule has 0 unspecified atom stereocenters. The zero-order valence-corrected chi connectivity index (χ0v) is 12.3. The normalized spacial score (nSPS) is 11.5. The van der Waals surface area contributed by atoms with Gasteiger partial charge in [-0.2, -0.15) is 10.1 Å². The van der Waals surface area contributed by atoms with Crippen molar-refractivity contribution in [2.24, 2.45) is 10.9 Å². The smallest absolute Gasteiger partial charge is 0.259 e. The van der Waals surface area contributed by atoms with Gasteiger partial charge in [-0.1, -0.05) is 0 Å². The minimum Gasteiger partial charge on any atom is -0.496 e. The number of nitrogens with zero attached hydrogens (tertiary/aromatic N) is 2. The Morgan fingerprint density at radius 1 is 1.50 bits per heavy atom. The molecule has 0 saturated heterocycles. The summed E-state index contributed by atoms with van der Waals surface area (Å²) >= 11 is 0. The maximum absolute atomic E-state index is 11.9. The van der Waals surface area contributed by atoms with Gasteiger partial charge in [-0.3, -0.25) is 9.78 Å². The quantitative estimate of drug-likeness (QED) is 0.365. The van der Waals surface area contributed by atoms with E-state index in [0.717, 1.165) is 5.56 Å². The molecular weight excluding hydrogens is 286 g/mol. The van der Waals surface area contributed by atoms with Gasteiger partial charge in [0.1, 0.15) is 5.75 Å². The van der Waals surface area contributed by atoms with E-state index in [2.05, 4.69) is 15.1 Å². The lowest BCUT2D eigenvalue weighted by Gasteiger charge is -2.11. The van der Waals surface area contributed by atoms with Crippen LogP contribution in [0, 0.1) is 0 Å². The topological polar surface area (TPSA) is 140 Å². The third kappa shape index (κ3) is 3.00. The highest BCUT2D eigenvalue weighted by molar-refractivity contribution is 5.98. The van der Waals surface area contributed by atoms with Crippen LogP contribution >= 0.6 is 0 Å². The molecule has 0 bridgehead atoms. The van der Waals surface area contributed by atoms with Gasteiger partial charge in [0, 0.05) is 6.42 Å². The number of anilines is 1. The molecule has 1 aromatic heterocycles. The lowest BCUT2D eigenvalue weighted by atomic mass is 10.0. The number of benzene rings is 1. The molecule has 0 spiro atoms. The maximum Gasteiger partial charge on any atom is 0.259 e. The van der Waals surface area contributed by atoms with Crippen LogP contribution in [0.15, 0.2) is 28.1 Å². The Morgan fingerprint density at radius 2 is 2.23 bits per heavy atom. The molecule has 0 amide bonds. The molecular formula is C14H17N5O3. The average Bonchev–Trinajstić information content (AvgIpc) is 2.49. The van der Waals surface area contributed by atoms with Crippen LogP contribution < -0.4 is 21.9 Å². The summed E-state index contributed by atoms with van der Waals surface area (Å²) < 4.78 is 5.28. The van der Waals surface area contributed by atoms with Gasteiger partial charge >= 0.3 is 0 Å². The van der Waals surface area contributed by atoms with Crippen LogP contribution in [0.4, 0.5) is 5.95 Å². The molecule has 0 aliphatic rings. The number of aromatic amines is 1. The Labute approximate surface area is 126 Å². The van der Waals surface area contributed by atoms with Crippen LogP contribution in [0.2, 0.25) is 0 Å². The summed E-state index contributed by atoms with van der Waals surface area (Å²) in [6.45, 7) is 1.76. The number of hydrazone groups is 1. The third-order valence-corrected chi connectivity index (χ3v) is 3.27. The predicted molar refractivity (Wildman–Crippen MR) is 83.1 cm³/mol. The fraction of sp³-hybridized carbons (Fsp3) is 0.214. The molecule has 22 heavy (non-hydrogen) atoms. The van der Waals surface area contributed by atoms with E-state index in [1.165, 1.54) is 7.11 Å². The standard InChI is InChI=1S/C14H17N5O3/c1-7(19-16)8-3-4-11(22-2)9(5-8)6-10-12(20)17-14(15)18-13(10)21/h3-5H,6,16H2,1-2H3,(H4,15,17,18,20,21)/b19-7-. The first kappa shape index (κ1) is 15.4. The molecule has 2 rings (SSSR count). The molecule has 0 atom stereocenters. The molecule has 0 aliphatic heterocycles. The summed E-state index contributed by atoms with van der Waals surface area (Å²) in [5, 5.41) is 13.5. The van der Waals surface area contributed by atoms with E-state index in [9.17, 15) is 9.90 Å². The van der Waals surface area contributed by atoms with Gasteiger partial charge in [-0.05, 0) is 36.2 Å². The van der Waals surface area contributed by atoms with E-state index in [1.807, 2.05) is 0 Å². The van der Waals surface area contributed by atoms with Crippen LogP contribution in [0.5, 0.6) is 11.6 Å². The first-order valence-electron chi connectivity index (χ1n) is 6.45. The van der Waals surface area contributed by atoms with Crippen LogP contribution in [0.1, 0.15) is 23.6 Å². The molecule has 2 aromatic rings. The highest BCUT2D eigenvalue weighted by atomic mass is 16.5. The molecule has 6 N–H and O–H groups in total. The number of nitrogen functional groups attached to an aromatic ring is 1. The van der Waals surface area contributed by atoms with Crippen molar-refractivity contribution in [1.29, 1.82) is 0 Å². The predicted octanol–water partition coefficient (Wildman–Crippen LogP) is 0.340. The van der Waals surface area contributed by atoms with Gasteiger partial charge in [-0.25, -0.2) is 0 Å². The number of rotatable bonds is 4. The Morgan fingerprint density at radius 3 is 2.82 bits per heavy atom. The summed E-state index contributed by atoms with van der Waals surface area (Å²) in [5.74, 6) is 5.31. The largest absolute Gasteiger partial charge is 0.496 e. The fourth-order valence-corrected chi connectivity index (χ4v) is 2.07. The zero-order chi connectivity index (χ0) is 16.3. The van der Waals surface area contributed by atoms with Gasteiger partial charge in [0.15, 0.2) is 0 Å². The van der Waals surface area contributed by atoms with Crippen molar-refractivity contribution in [3.63, 3.8) is 0 Å². The van der Waals surface area contributed by atoms with Crippen LogP contribution in [0.25, 0.3) is 0 Å². The van der Waals surface area contributed by atoms with E-state index in [1.54, 1.807) is 25.1 Å². The second-order valence-corrected chi connectivity index (χ2v) is 4.67. The molecule has 8 nitrogen and oxygen atoms in total. The zero-order valence-electron chi connectivity index (χ0n) is 12.3. The highest BCUT2D eigenvalue weighted by Gasteiger charge is 2.14. The van der Waals surface area contributed by atoms with Crippen molar-refractivity contribution in [3.8, 4) is 11.6 Å². The van der Waals surface area contributed by atoms with Gasteiger partial charge in [0.05, 0.1) is 18.4 Å². The van der Waals surface area contributed by atoms with Crippen LogP contribution in [-0.4, -0.2) is 27.9 Å². The number of hydrogen-bond acceptors (Lipinski definition) is 7. The summed E-state index contributed by atoms with van der Waals surface area (Å²) in [5.41, 5.74) is 7.10. The van der Waals surface area contributed by atoms with Gasteiger partial charge < -0.3 is 21.4 Å². The lowest BCUT2D eigenvalue weighted by Crippen LogP contribution is -2.17. The Bertz CT molecular complexity index is 783. The van der Waals surface area contributed by atoms with Gasteiger partial charge in [0.2, 0.25) is 11.8 Å². The number of methoxy groups -OCH3 is 1. The SMILES string of the molecule is COc1ccc(/C(C)=N\N)cc1Cc1c(O)nc(N)[nH]c1=O. The molecule has 0 aliphatic carbocycles. The number of hydrogen-bond donors (Lipinski definition) is 4. The number of nitrogens with two attached hydrogens (primary N) is 2. The number of ether oxygens (including phenoxy) is 1. The second-order valence-electron chi connectivity index (χ2n) is 4.67. The second kappa shape index (κ2) is 6.17. The highest BCUT2D eigenvalue weighted by Crippen LogP contribution is 2.24. The molecule has 8 heteroatoms. The Kier molecular flexibility index (Phi) is 4.31. The number of aromatic hydroxyl groups is 1. The summed E-state index contributed by atoms with van der Waals surface area (Å²) in [6.07, 6.45) is 0.128. The molecule has 0 fully saturated rings. The van der Waals surface area contributed by atoms with Crippen molar-refractivity contribution in [2.45, 2.75) is 13.3 Å². The van der Waals surface area contributed by atoms with E-state index in [4.69, 9.17) is 16.3 Å². The molecule has 116 valence electrons. The van der Waals surface area contributed by atoms with E-state index >= 15 is 0 Å². The first-order valence-corrected chi connectivity index (χ1v) is 6.45. The van der Waals surface area contributed by atoms with Crippen molar-refractivity contribution >= 4 is 11.7 Å². The van der Waals surface area contributed by atoms with Crippen LogP contribution in [-0.2, 0) is 6.42 Å².